The molecule has 0 aliphatic carbocycles. The molecule has 0 spiro atoms. The quantitative estimate of drug-likeness (QED) is 0.806. The van der Waals surface area contributed by atoms with Crippen molar-refractivity contribution in [3.63, 3.8) is 0 Å². The Morgan fingerprint density at radius 1 is 1.44 bits per heavy atom. The fourth-order valence-corrected chi connectivity index (χ4v) is 2.63. The molecular weight excluding hydrogens is 224 g/mol. The molecule has 0 saturated carbocycles. The number of nitrogens with one attached hydrogen (secondary N) is 1. The van der Waals surface area contributed by atoms with E-state index in [0.717, 1.165) is 18.8 Å². The molecule has 0 unspecified atom stereocenters. The molecule has 3 nitrogen and oxygen atoms in total. The lowest BCUT2D eigenvalue weighted by atomic mass is 10.0. The first-order valence-corrected chi connectivity index (χ1v) is 7.36. The SMILES string of the molecule is CCCCN(Cc1ccco1)C[C@H]1CCCCN1. The van der Waals surface area contributed by atoms with Crippen molar-refractivity contribution in [3.05, 3.63) is 24.2 Å². The first-order chi connectivity index (χ1) is 8.88. The highest BCUT2D eigenvalue weighted by molar-refractivity contribution is 4.98. The Morgan fingerprint density at radius 3 is 3.06 bits per heavy atom. The van der Waals surface area contributed by atoms with Gasteiger partial charge in [-0.05, 0) is 44.5 Å². The zero-order valence-electron chi connectivity index (χ0n) is 11.5. The van der Waals surface area contributed by atoms with Crippen LogP contribution in [0.15, 0.2) is 22.8 Å². The van der Waals surface area contributed by atoms with Gasteiger partial charge in [0.05, 0.1) is 12.8 Å². The summed E-state index contributed by atoms with van der Waals surface area (Å²) in [6.07, 6.45) is 8.33. The molecule has 2 rings (SSSR count). The van der Waals surface area contributed by atoms with E-state index >= 15 is 0 Å². The van der Waals surface area contributed by atoms with Crippen LogP contribution in [0.4, 0.5) is 0 Å². The van der Waals surface area contributed by atoms with Crippen LogP contribution in [0.3, 0.4) is 0 Å². The second kappa shape index (κ2) is 7.59. The molecule has 1 atom stereocenters. The third-order valence-electron chi connectivity index (χ3n) is 3.68. The molecule has 2 heterocycles. The average molecular weight is 250 g/mol. The minimum atomic E-state index is 0.672. The summed E-state index contributed by atoms with van der Waals surface area (Å²) in [6, 6.07) is 4.73. The fraction of sp³-hybridized carbons (Fsp3) is 0.733. The van der Waals surface area contributed by atoms with E-state index in [1.54, 1.807) is 6.26 Å². The third kappa shape index (κ3) is 4.46. The van der Waals surface area contributed by atoms with Crippen molar-refractivity contribution < 1.29 is 4.42 Å². The summed E-state index contributed by atoms with van der Waals surface area (Å²) in [5, 5.41) is 3.63. The van der Waals surface area contributed by atoms with E-state index in [-0.39, 0.29) is 0 Å². The summed E-state index contributed by atoms with van der Waals surface area (Å²) in [7, 11) is 0. The first kappa shape index (κ1) is 13.6. The van der Waals surface area contributed by atoms with E-state index in [4.69, 9.17) is 4.42 Å². The molecule has 1 aliphatic rings. The van der Waals surface area contributed by atoms with E-state index in [2.05, 4.69) is 23.2 Å². The van der Waals surface area contributed by atoms with Gasteiger partial charge in [-0.3, -0.25) is 4.90 Å². The molecular formula is C15H26N2O. The normalized spacial score (nSPS) is 20.4. The van der Waals surface area contributed by atoms with E-state index in [9.17, 15) is 0 Å². The van der Waals surface area contributed by atoms with E-state index in [1.807, 2.05) is 6.07 Å². The highest BCUT2D eigenvalue weighted by atomic mass is 16.3. The van der Waals surface area contributed by atoms with Crippen LogP contribution >= 0.6 is 0 Å². The Labute approximate surface area is 111 Å². The summed E-state index contributed by atoms with van der Waals surface area (Å²) in [4.78, 5) is 2.53. The van der Waals surface area contributed by atoms with E-state index in [0.29, 0.717) is 6.04 Å². The number of nitrogens with zero attached hydrogens (tertiary/aromatic N) is 1. The Bertz CT molecular complexity index is 304. The van der Waals surface area contributed by atoms with Gasteiger partial charge in [-0.15, -0.1) is 0 Å². The van der Waals surface area contributed by atoms with Gasteiger partial charge in [-0.1, -0.05) is 19.8 Å². The summed E-state index contributed by atoms with van der Waals surface area (Å²) in [5.41, 5.74) is 0. The van der Waals surface area contributed by atoms with Crippen molar-refractivity contribution in [1.29, 1.82) is 0 Å². The molecule has 1 aromatic heterocycles. The Hall–Kier alpha value is -0.800. The topological polar surface area (TPSA) is 28.4 Å². The average Bonchev–Trinajstić information content (AvgIpc) is 2.90. The van der Waals surface area contributed by atoms with Crippen LogP contribution in [0, 0.1) is 0 Å². The lowest BCUT2D eigenvalue weighted by molar-refractivity contribution is 0.201. The van der Waals surface area contributed by atoms with E-state index in [1.165, 1.54) is 45.2 Å². The van der Waals surface area contributed by atoms with Crippen LogP contribution in [0.25, 0.3) is 0 Å². The summed E-state index contributed by atoms with van der Waals surface area (Å²) in [5.74, 6) is 1.09. The number of piperidine rings is 1. The van der Waals surface area contributed by atoms with Crippen molar-refractivity contribution in [1.82, 2.24) is 10.2 Å². The van der Waals surface area contributed by atoms with Gasteiger partial charge in [-0.25, -0.2) is 0 Å². The van der Waals surface area contributed by atoms with Gasteiger partial charge >= 0.3 is 0 Å². The smallest absolute Gasteiger partial charge is 0.117 e. The first-order valence-electron chi connectivity index (χ1n) is 7.36. The number of unbranched alkanes of at least 4 members (excludes halogenated alkanes) is 1. The van der Waals surface area contributed by atoms with Crippen LogP contribution in [0.1, 0.15) is 44.8 Å². The van der Waals surface area contributed by atoms with Crippen molar-refractivity contribution in [3.8, 4) is 0 Å². The van der Waals surface area contributed by atoms with Gasteiger partial charge < -0.3 is 9.73 Å². The maximum atomic E-state index is 5.47. The maximum absolute atomic E-state index is 5.47. The van der Waals surface area contributed by atoms with Crippen LogP contribution in [-0.2, 0) is 6.54 Å². The minimum Gasteiger partial charge on any atom is -0.468 e. The van der Waals surface area contributed by atoms with Gasteiger partial charge in [0.1, 0.15) is 5.76 Å². The van der Waals surface area contributed by atoms with Crippen LogP contribution in [0.2, 0.25) is 0 Å². The lowest BCUT2D eigenvalue weighted by Gasteiger charge is -2.30. The number of hydrogen-bond donors (Lipinski definition) is 1. The zero-order chi connectivity index (χ0) is 12.6. The predicted molar refractivity (Wildman–Crippen MR) is 74.5 cm³/mol. The standard InChI is InChI=1S/C15H26N2O/c1-2-3-10-17(13-15-8-6-11-18-15)12-14-7-4-5-9-16-14/h6,8,11,14,16H,2-5,7,9-10,12-13H2,1H3/t14-/m1/s1. The molecule has 1 saturated heterocycles. The second-order valence-electron chi connectivity index (χ2n) is 5.31. The summed E-state index contributed by atoms with van der Waals surface area (Å²) < 4.78 is 5.47. The van der Waals surface area contributed by atoms with Crippen LogP contribution < -0.4 is 5.32 Å². The van der Waals surface area contributed by atoms with E-state index < -0.39 is 0 Å². The molecule has 1 fully saturated rings. The molecule has 0 radical (unpaired) electrons. The zero-order valence-corrected chi connectivity index (χ0v) is 11.5. The Morgan fingerprint density at radius 2 is 2.39 bits per heavy atom. The molecule has 3 heteroatoms. The molecule has 0 amide bonds. The van der Waals surface area contributed by atoms with Gasteiger partial charge in [0, 0.05) is 12.6 Å². The summed E-state index contributed by atoms with van der Waals surface area (Å²) >= 11 is 0. The van der Waals surface area contributed by atoms with Crippen LogP contribution in [-0.4, -0.2) is 30.6 Å². The fourth-order valence-electron chi connectivity index (χ4n) is 2.63. The van der Waals surface area contributed by atoms with Crippen molar-refractivity contribution in [2.75, 3.05) is 19.6 Å². The highest BCUT2D eigenvalue weighted by Crippen LogP contribution is 2.12. The molecule has 0 aromatic carbocycles. The monoisotopic (exact) mass is 250 g/mol. The second-order valence-corrected chi connectivity index (χ2v) is 5.31. The largest absolute Gasteiger partial charge is 0.468 e. The Kier molecular flexibility index (Phi) is 5.75. The molecule has 0 bridgehead atoms. The minimum absolute atomic E-state index is 0.672. The van der Waals surface area contributed by atoms with Crippen molar-refractivity contribution in [2.45, 2.75) is 51.6 Å². The number of hydrogen-bond acceptors (Lipinski definition) is 3. The Balaban J connectivity index is 1.83. The molecule has 1 aromatic rings. The number of rotatable bonds is 7. The molecule has 1 aliphatic heterocycles. The third-order valence-corrected chi connectivity index (χ3v) is 3.68. The van der Waals surface area contributed by atoms with Crippen molar-refractivity contribution >= 4 is 0 Å². The molecule has 102 valence electrons. The summed E-state index contributed by atoms with van der Waals surface area (Å²) in [6.45, 7) is 6.72. The van der Waals surface area contributed by atoms with Gasteiger partial charge in [-0.2, -0.15) is 0 Å². The van der Waals surface area contributed by atoms with Crippen molar-refractivity contribution in [2.24, 2.45) is 0 Å². The molecule has 1 N–H and O–H groups in total. The van der Waals surface area contributed by atoms with Gasteiger partial charge in [0.2, 0.25) is 0 Å². The highest BCUT2D eigenvalue weighted by Gasteiger charge is 2.17. The maximum Gasteiger partial charge on any atom is 0.117 e. The lowest BCUT2D eigenvalue weighted by Crippen LogP contribution is -2.43. The van der Waals surface area contributed by atoms with Crippen LogP contribution in [0.5, 0.6) is 0 Å². The van der Waals surface area contributed by atoms with Gasteiger partial charge in [0.15, 0.2) is 0 Å². The number of furan rings is 1. The predicted octanol–water partition coefficient (Wildman–Crippen LogP) is 3.02. The molecule has 18 heavy (non-hydrogen) atoms. The van der Waals surface area contributed by atoms with Gasteiger partial charge in [0.25, 0.3) is 0 Å².